The van der Waals surface area contributed by atoms with Crippen molar-refractivity contribution < 1.29 is 13.3 Å². The molecule has 0 heterocycles. The van der Waals surface area contributed by atoms with Crippen molar-refractivity contribution in [2.75, 3.05) is 5.32 Å². The molecule has 0 aromatic heterocycles. The van der Waals surface area contributed by atoms with E-state index >= 15 is 0 Å². The van der Waals surface area contributed by atoms with Gasteiger partial charge < -0.3 is 5.32 Å². The van der Waals surface area contributed by atoms with E-state index in [-0.39, 0.29) is 16.6 Å². The highest BCUT2D eigenvalue weighted by Gasteiger charge is 2.22. The van der Waals surface area contributed by atoms with Crippen LogP contribution in [0, 0.1) is 10.1 Å². The van der Waals surface area contributed by atoms with E-state index in [1.807, 2.05) is 18.2 Å². The molecule has 0 radical (unpaired) electrons. The van der Waals surface area contributed by atoms with E-state index in [4.69, 9.17) is 5.14 Å². The number of sulfonamides is 1. The van der Waals surface area contributed by atoms with Crippen LogP contribution in [0.25, 0.3) is 0 Å². The van der Waals surface area contributed by atoms with Crippen LogP contribution in [0.1, 0.15) is 30.0 Å². The average molecular weight is 347 g/mol. The van der Waals surface area contributed by atoms with Crippen LogP contribution in [0.4, 0.5) is 11.4 Å². The van der Waals surface area contributed by atoms with Crippen LogP contribution in [0.5, 0.6) is 0 Å². The molecule has 2 aromatic carbocycles. The third kappa shape index (κ3) is 3.39. The van der Waals surface area contributed by atoms with Gasteiger partial charge in [-0.25, -0.2) is 13.6 Å². The maximum absolute atomic E-state index is 11.6. The van der Waals surface area contributed by atoms with Crippen LogP contribution < -0.4 is 10.5 Å². The fourth-order valence-corrected chi connectivity index (χ4v) is 3.62. The van der Waals surface area contributed by atoms with Crippen molar-refractivity contribution in [3.05, 3.63) is 63.7 Å². The maximum Gasteiger partial charge on any atom is 0.272 e. The van der Waals surface area contributed by atoms with Gasteiger partial charge in [0.15, 0.2) is 0 Å². The molecule has 1 aliphatic carbocycles. The van der Waals surface area contributed by atoms with Gasteiger partial charge in [-0.1, -0.05) is 24.3 Å². The van der Waals surface area contributed by atoms with Crippen molar-refractivity contribution in [2.45, 2.75) is 30.2 Å². The molecule has 7 nitrogen and oxygen atoms in total. The van der Waals surface area contributed by atoms with Crippen molar-refractivity contribution in [3.63, 3.8) is 0 Å². The van der Waals surface area contributed by atoms with Crippen LogP contribution in [0.3, 0.4) is 0 Å². The van der Waals surface area contributed by atoms with Crippen LogP contribution >= 0.6 is 0 Å². The third-order valence-corrected chi connectivity index (χ3v) is 5.03. The van der Waals surface area contributed by atoms with Crippen molar-refractivity contribution in [2.24, 2.45) is 5.14 Å². The fraction of sp³-hybridized carbons (Fsp3) is 0.250. The Hall–Kier alpha value is -2.45. The third-order valence-electron chi connectivity index (χ3n) is 4.14. The lowest BCUT2D eigenvalue weighted by atomic mass is 9.87. The molecule has 0 spiro atoms. The lowest BCUT2D eigenvalue weighted by Gasteiger charge is -2.27. The van der Waals surface area contributed by atoms with Gasteiger partial charge in [-0.2, -0.15) is 0 Å². The number of benzene rings is 2. The zero-order chi connectivity index (χ0) is 17.3. The SMILES string of the molecule is NS(=O)(=O)c1cc(NC2CCCc3ccccc32)cc([N+](=O)[O-])c1. The minimum absolute atomic E-state index is 0.0229. The summed E-state index contributed by atoms with van der Waals surface area (Å²) in [6.45, 7) is 0. The Bertz CT molecular complexity index is 896. The molecule has 1 atom stereocenters. The number of nitrogens with two attached hydrogens (primary N) is 1. The smallest absolute Gasteiger partial charge is 0.272 e. The van der Waals surface area contributed by atoms with Gasteiger partial charge in [0.1, 0.15) is 0 Å². The highest BCUT2D eigenvalue weighted by molar-refractivity contribution is 7.89. The molecular weight excluding hydrogens is 330 g/mol. The van der Waals surface area contributed by atoms with Crippen molar-refractivity contribution >= 4 is 21.4 Å². The number of nitro benzene ring substituents is 1. The van der Waals surface area contributed by atoms with Crippen LogP contribution in [0.2, 0.25) is 0 Å². The molecule has 0 fully saturated rings. The predicted octanol–water partition coefficient (Wildman–Crippen LogP) is 2.73. The van der Waals surface area contributed by atoms with Gasteiger partial charge >= 0.3 is 0 Å². The summed E-state index contributed by atoms with van der Waals surface area (Å²) in [5.41, 5.74) is 2.42. The second kappa shape index (κ2) is 6.21. The molecule has 0 saturated carbocycles. The number of rotatable bonds is 4. The minimum atomic E-state index is -4.03. The monoisotopic (exact) mass is 347 g/mol. The Kier molecular flexibility index (Phi) is 4.25. The molecule has 0 amide bonds. The number of fused-ring (bicyclic) bond motifs is 1. The van der Waals surface area contributed by atoms with Crippen molar-refractivity contribution in [3.8, 4) is 0 Å². The number of anilines is 1. The van der Waals surface area contributed by atoms with E-state index in [0.29, 0.717) is 5.69 Å². The zero-order valence-electron chi connectivity index (χ0n) is 12.8. The largest absolute Gasteiger partial charge is 0.378 e. The van der Waals surface area contributed by atoms with E-state index in [1.54, 1.807) is 0 Å². The van der Waals surface area contributed by atoms with Gasteiger partial charge in [0.2, 0.25) is 10.0 Å². The number of non-ortho nitro benzene ring substituents is 1. The lowest BCUT2D eigenvalue weighted by molar-refractivity contribution is -0.385. The standard InChI is InChI=1S/C16H17N3O4S/c17-24(22,23)14-9-12(8-13(10-14)19(20)21)18-16-7-3-5-11-4-1-2-6-15(11)16/h1-2,4,6,8-10,16,18H,3,5,7H2,(H2,17,22,23). The molecule has 126 valence electrons. The molecule has 3 N–H and O–H groups in total. The second-order valence-corrected chi connectivity index (χ2v) is 7.37. The summed E-state index contributed by atoms with van der Waals surface area (Å²) in [4.78, 5) is 10.2. The molecule has 2 aromatic rings. The number of nitrogens with zero attached hydrogens (tertiary/aromatic N) is 1. The Labute approximate surface area is 139 Å². The zero-order valence-corrected chi connectivity index (χ0v) is 13.6. The average Bonchev–Trinajstić information content (AvgIpc) is 2.54. The number of primary sulfonamides is 1. The first kappa shape index (κ1) is 16.4. The molecule has 0 saturated heterocycles. The molecule has 24 heavy (non-hydrogen) atoms. The first-order chi connectivity index (χ1) is 11.3. The van der Waals surface area contributed by atoms with Gasteiger partial charge in [-0.05, 0) is 36.5 Å². The topological polar surface area (TPSA) is 115 Å². The summed E-state index contributed by atoms with van der Waals surface area (Å²) in [5.74, 6) is 0. The Morgan fingerprint density at radius 3 is 2.67 bits per heavy atom. The Balaban J connectivity index is 1.99. The van der Waals surface area contributed by atoms with E-state index in [2.05, 4.69) is 11.4 Å². The Morgan fingerprint density at radius 1 is 1.21 bits per heavy atom. The van der Waals surface area contributed by atoms with Gasteiger partial charge in [0.05, 0.1) is 15.9 Å². The fourth-order valence-electron chi connectivity index (χ4n) is 3.04. The predicted molar refractivity (Wildman–Crippen MR) is 90.2 cm³/mol. The van der Waals surface area contributed by atoms with E-state index in [9.17, 15) is 18.5 Å². The van der Waals surface area contributed by atoms with Crippen LogP contribution in [-0.4, -0.2) is 13.3 Å². The lowest BCUT2D eigenvalue weighted by Crippen LogP contribution is -2.18. The normalized spacial score (nSPS) is 17.1. The molecule has 0 aliphatic heterocycles. The summed E-state index contributed by atoms with van der Waals surface area (Å²) in [7, 11) is -4.03. The van der Waals surface area contributed by atoms with E-state index < -0.39 is 14.9 Å². The minimum Gasteiger partial charge on any atom is -0.378 e. The Morgan fingerprint density at radius 2 is 1.96 bits per heavy atom. The summed E-state index contributed by atoms with van der Waals surface area (Å²) in [6, 6.07) is 11.6. The summed E-state index contributed by atoms with van der Waals surface area (Å²) < 4.78 is 23.2. The van der Waals surface area contributed by atoms with Gasteiger partial charge in [-0.15, -0.1) is 0 Å². The van der Waals surface area contributed by atoms with Crippen LogP contribution in [0.15, 0.2) is 47.4 Å². The first-order valence-corrected chi connectivity index (χ1v) is 9.06. The van der Waals surface area contributed by atoms with Crippen molar-refractivity contribution in [1.29, 1.82) is 0 Å². The summed E-state index contributed by atoms with van der Waals surface area (Å²) in [5, 5.41) is 19.4. The van der Waals surface area contributed by atoms with E-state index in [0.717, 1.165) is 30.9 Å². The number of nitrogens with one attached hydrogen (secondary N) is 1. The van der Waals surface area contributed by atoms with Crippen LogP contribution in [-0.2, 0) is 16.4 Å². The molecule has 3 rings (SSSR count). The van der Waals surface area contributed by atoms with Gasteiger partial charge in [0, 0.05) is 17.8 Å². The summed E-state index contributed by atoms with van der Waals surface area (Å²) in [6.07, 6.45) is 2.85. The molecule has 8 heteroatoms. The number of hydrogen-bond donors (Lipinski definition) is 2. The molecule has 0 bridgehead atoms. The molecule has 1 aliphatic rings. The summed E-state index contributed by atoms with van der Waals surface area (Å²) >= 11 is 0. The second-order valence-electron chi connectivity index (χ2n) is 5.81. The number of hydrogen-bond acceptors (Lipinski definition) is 5. The highest BCUT2D eigenvalue weighted by atomic mass is 32.2. The number of nitro groups is 1. The van der Waals surface area contributed by atoms with Gasteiger partial charge in [-0.3, -0.25) is 10.1 Å². The number of aryl methyl sites for hydroxylation is 1. The maximum atomic E-state index is 11.6. The van der Waals surface area contributed by atoms with E-state index in [1.165, 1.54) is 17.7 Å². The van der Waals surface area contributed by atoms with Crippen molar-refractivity contribution in [1.82, 2.24) is 0 Å². The van der Waals surface area contributed by atoms with Gasteiger partial charge in [0.25, 0.3) is 5.69 Å². The first-order valence-electron chi connectivity index (χ1n) is 7.51. The molecule has 1 unspecified atom stereocenters. The quantitative estimate of drug-likeness (QED) is 0.652. The highest BCUT2D eigenvalue weighted by Crippen LogP contribution is 2.34. The molecular formula is C16H17N3O4S.